The van der Waals surface area contributed by atoms with Crippen LogP contribution in [0.4, 0.5) is 0 Å². The summed E-state index contributed by atoms with van der Waals surface area (Å²) in [6.07, 6.45) is 14.2. The van der Waals surface area contributed by atoms with Crippen LogP contribution >= 0.6 is 0 Å². The predicted molar refractivity (Wildman–Crippen MR) is 127 cm³/mol. The van der Waals surface area contributed by atoms with Crippen LogP contribution < -0.4 is 4.74 Å². The Labute approximate surface area is 192 Å². The van der Waals surface area contributed by atoms with E-state index in [-0.39, 0.29) is 6.42 Å². The van der Waals surface area contributed by atoms with E-state index in [9.17, 15) is 4.79 Å². The number of carboxylic acid groups (broad SMARTS) is 1. The lowest BCUT2D eigenvalue weighted by molar-refractivity contribution is -0.137. The van der Waals surface area contributed by atoms with Crippen LogP contribution in [-0.4, -0.2) is 40.9 Å². The maximum atomic E-state index is 10.5. The molecule has 2 aromatic rings. The summed E-state index contributed by atoms with van der Waals surface area (Å²) in [6.45, 7) is 4.50. The van der Waals surface area contributed by atoms with Crippen molar-refractivity contribution in [3.63, 3.8) is 0 Å². The molecule has 176 valence electrons. The molecule has 0 amide bonds. The van der Waals surface area contributed by atoms with Gasteiger partial charge in [0.15, 0.2) is 11.6 Å². The molecule has 1 heterocycles. The van der Waals surface area contributed by atoms with E-state index in [0.717, 1.165) is 70.1 Å². The lowest BCUT2D eigenvalue weighted by Crippen LogP contribution is -2.02. The van der Waals surface area contributed by atoms with Crippen molar-refractivity contribution in [3.8, 4) is 17.1 Å². The van der Waals surface area contributed by atoms with E-state index < -0.39 is 5.97 Å². The number of carboxylic acids is 1. The van der Waals surface area contributed by atoms with Crippen LogP contribution in [0.1, 0.15) is 76.7 Å². The molecule has 2 rings (SSSR count). The van der Waals surface area contributed by atoms with Gasteiger partial charge in [-0.05, 0) is 44.1 Å². The Bertz CT molecular complexity index is 747. The molecule has 0 bridgehead atoms. The number of aryl methyl sites for hydroxylation is 1. The number of aliphatic carboxylic acids is 1. The predicted octanol–water partition coefficient (Wildman–Crippen LogP) is 6.09. The number of hydrogen-bond donors (Lipinski definition) is 1. The fourth-order valence-electron chi connectivity index (χ4n) is 3.37. The Balaban J connectivity index is 1.62. The summed E-state index contributed by atoms with van der Waals surface area (Å²) in [5.41, 5.74) is 2.27. The largest absolute Gasteiger partial charge is 0.490 e. The Morgan fingerprint density at radius 2 is 1.50 bits per heavy atom. The highest BCUT2D eigenvalue weighted by Crippen LogP contribution is 2.18. The fraction of sp³-hybridized carbons (Fsp3) is 0.577. The molecule has 1 N–H and O–H groups in total. The van der Waals surface area contributed by atoms with Crippen molar-refractivity contribution >= 4 is 5.97 Å². The molecule has 0 aliphatic rings. The second-order valence-electron chi connectivity index (χ2n) is 8.12. The van der Waals surface area contributed by atoms with Gasteiger partial charge in [-0.25, -0.2) is 9.97 Å². The van der Waals surface area contributed by atoms with Crippen LogP contribution in [0.2, 0.25) is 0 Å². The third kappa shape index (κ3) is 11.2. The Kier molecular flexibility index (Phi) is 13.1. The smallest absolute Gasteiger partial charge is 0.303 e. The summed E-state index contributed by atoms with van der Waals surface area (Å²) >= 11 is 0. The van der Waals surface area contributed by atoms with E-state index in [1.165, 1.54) is 18.4 Å². The average molecular weight is 443 g/mol. The summed E-state index contributed by atoms with van der Waals surface area (Å²) in [7, 11) is 0. The number of rotatable bonds is 18. The van der Waals surface area contributed by atoms with Crippen LogP contribution in [0.15, 0.2) is 36.7 Å². The normalized spacial score (nSPS) is 10.9. The molecule has 0 aliphatic heterocycles. The minimum atomic E-state index is -0.707. The zero-order chi connectivity index (χ0) is 22.9. The topological polar surface area (TPSA) is 81.5 Å². The maximum absolute atomic E-state index is 10.5. The first-order chi connectivity index (χ1) is 15.7. The van der Waals surface area contributed by atoms with Gasteiger partial charge in [-0.15, -0.1) is 0 Å². The van der Waals surface area contributed by atoms with Crippen LogP contribution in [0, 0.1) is 0 Å². The highest BCUT2D eigenvalue weighted by atomic mass is 16.5. The minimum Gasteiger partial charge on any atom is -0.490 e. The third-order valence-corrected chi connectivity index (χ3v) is 5.29. The third-order valence-electron chi connectivity index (χ3n) is 5.29. The highest BCUT2D eigenvalue weighted by Gasteiger charge is 2.03. The van der Waals surface area contributed by atoms with Gasteiger partial charge < -0.3 is 14.6 Å². The molecular formula is C26H38N2O4. The minimum absolute atomic E-state index is 0.271. The van der Waals surface area contributed by atoms with E-state index in [1.54, 1.807) is 12.4 Å². The quantitative estimate of drug-likeness (QED) is 0.281. The molecule has 1 aromatic heterocycles. The first-order valence-corrected chi connectivity index (χ1v) is 12.0. The number of ether oxygens (including phenoxy) is 2. The van der Waals surface area contributed by atoms with Gasteiger partial charge in [0.05, 0.1) is 19.0 Å². The molecule has 0 radical (unpaired) electrons. The van der Waals surface area contributed by atoms with Crippen LogP contribution in [0.5, 0.6) is 5.75 Å². The molecular weight excluding hydrogens is 404 g/mol. The standard InChI is InChI=1S/C26H38N2O4/c1-2-3-8-17-31-18-9-10-19-32-24-20-27-26(28-21-24)23-15-13-22(14-16-23)11-6-4-5-7-12-25(29)30/h13-16,20-21H,2-12,17-19H2,1H3,(H,29,30). The van der Waals surface area contributed by atoms with E-state index >= 15 is 0 Å². The van der Waals surface area contributed by atoms with Crippen molar-refractivity contribution in [1.29, 1.82) is 0 Å². The summed E-state index contributed by atoms with van der Waals surface area (Å²) in [6, 6.07) is 8.33. The highest BCUT2D eigenvalue weighted by molar-refractivity contribution is 5.66. The molecule has 0 atom stereocenters. The molecule has 0 unspecified atom stereocenters. The van der Waals surface area contributed by atoms with Crippen LogP contribution in [0.3, 0.4) is 0 Å². The fourth-order valence-corrected chi connectivity index (χ4v) is 3.37. The van der Waals surface area contributed by atoms with Gasteiger partial charge in [0.1, 0.15) is 0 Å². The van der Waals surface area contributed by atoms with Crippen molar-refractivity contribution in [2.24, 2.45) is 0 Å². The van der Waals surface area contributed by atoms with Gasteiger partial charge in [-0.1, -0.05) is 56.9 Å². The van der Waals surface area contributed by atoms with Crippen molar-refractivity contribution in [3.05, 3.63) is 42.2 Å². The van der Waals surface area contributed by atoms with E-state index in [1.807, 2.05) is 0 Å². The number of carbonyl (C=O) groups is 1. The molecule has 0 saturated heterocycles. The maximum Gasteiger partial charge on any atom is 0.303 e. The summed E-state index contributed by atoms with van der Waals surface area (Å²) < 4.78 is 11.3. The van der Waals surface area contributed by atoms with E-state index in [2.05, 4.69) is 41.2 Å². The number of benzene rings is 1. The zero-order valence-electron chi connectivity index (χ0n) is 19.4. The summed E-state index contributed by atoms with van der Waals surface area (Å²) in [5.74, 6) is 0.677. The van der Waals surface area contributed by atoms with Crippen LogP contribution in [-0.2, 0) is 16.0 Å². The van der Waals surface area contributed by atoms with Crippen molar-refractivity contribution in [2.45, 2.75) is 77.6 Å². The second kappa shape index (κ2) is 16.2. The van der Waals surface area contributed by atoms with Crippen molar-refractivity contribution < 1.29 is 19.4 Å². The molecule has 0 aliphatic carbocycles. The summed E-state index contributed by atoms with van der Waals surface area (Å²) in [4.78, 5) is 19.4. The van der Waals surface area contributed by atoms with Gasteiger partial charge in [-0.2, -0.15) is 0 Å². The van der Waals surface area contributed by atoms with Crippen molar-refractivity contribution in [1.82, 2.24) is 9.97 Å². The van der Waals surface area contributed by atoms with Crippen molar-refractivity contribution in [2.75, 3.05) is 19.8 Å². The molecule has 32 heavy (non-hydrogen) atoms. The first kappa shape index (κ1) is 25.8. The molecule has 0 fully saturated rings. The van der Waals surface area contributed by atoms with Gasteiger partial charge in [0.2, 0.25) is 0 Å². The molecule has 1 aromatic carbocycles. The monoisotopic (exact) mass is 442 g/mol. The number of aromatic nitrogens is 2. The molecule has 6 heteroatoms. The second-order valence-corrected chi connectivity index (χ2v) is 8.12. The van der Waals surface area contributed by atoms with E-state index in [0.29, 0.717) is 18.2 Å². The SMILES string of the molecule is CCCCCOCCCCOc1cnc(-c2ccc(CCCCCCC(=O)O)cc2)nc1. The lowest BCUT2D eigenvalue weighted by atomic mass is 10.0. The van der Waals surface area contributed by atoms with Gasteiger partial charge in [0, 0.05) is 25.2 Å². The Morgan fingerprint density at radius 3 is 2.19 bits per heavy atom. The summed E-state index contributed by atoms with van der Waals surface area (Å²) in [5, 5.41) is 8.66. The van der Waals surface area contributed by atoms with Crippen LogP contribution in [0.25, 0.3) is 11.4 Å². The van der Waals surface area contributed by atoms with Gasteiger partial charge in [-0.3, -0.25) is 4.79 Å². The van der Waals surface area contributed by atoms with E-state index in [4.69, 9.17) is 14.6 Å². The molecule has 0 spiro atoms. The van der Waals surface area contributed by atoms with Gasteiger partial charge >= 0.3 is 5.97 Å². The van der Waals surface area contributed by atoms with Gasteiger partial charge in [0.25, 0.3) is 0 Å². The molecule has 0 saturated carbocycles. The Hall–Kier alpha value is -2.47. The lowest BCUT2D eigenvalue weighted by Gasteiger charge is -2.07. The molecule has 6 nitrogen and oxygen atoms in total. The number of nitrogens with zero attached hydrogens (tertiary/aromatic N) is 2. The average Bonchev–Trinajstić information content (AvgIpc) is 2.81. The number of hydrogen-bond acceptors (Lipinski definition) is 5. The number of unbranched alkanes of at least 4 members (excludes halogenated alkanes) is 6. The Morgan fingerprint density at radius 1 is 0.844 bits per heavy atom. The zero-order valence-corrected chi connectivity index (χ0v) is 19.4. The first-order valence-electron chi connectivity index (χ1n) is 12.0.